The van der Waals surface area contributed by atoms with Gasteiger partial charge in [0.1, 0.15) is 6.29 Å². The third kappa shape index (κ3) is 4.56. The molecule has 14 heavy (non-hydrogen) atoms. The fourth-order valence-electron chi connectivity index (χ4n) is 0.710. The van der Waals surface area contributed by atoms with Crippen LogP contribution in [0.2, 0.25) is 0 Å². The number of hydrogen-bond donors (Lipinski definition) is 2. The Morgan fingerprint density at radius 3 is 2.50 bits per heavy atom. The van der Waals surface area contributed by atoms with Gasteiger partial charge in [-0.05, 0) is 6.92 Å². The largest absolute Gasteiger partial charge is 0.469 e. The molecule has 6 heteroatoms. The van der Waals surface area contributed by atoms with E-state index in [1.165, 1.54) is 14.0 Å². The average Bonchev–Trinajstić information content (AvgIpc) is 2.16. The zero-order chi connectivity index (χ0) is 11.1. The Hall–Kier alpha value is -1.43. The molecule has 0 aromatic rings. The Bertz CT molecular complexity index is 227. The second-order valence-electron chi connectivity index (χ2n) is 2.82. The predicted molar refractivity (Wildman–Crippen MR) is 48.3 cm³/mol. The average molecular weight is 202 g/mol. The van der Waals surface area contributed by atoms with E-state index in [2.05, 4.69) is 10.1 Å². The highest BCUT2D eigenvalue weighted by molar-refractivity contribution is 5.85. The van der Waals surface area contributed by atoms with Crippen LogP contribution < -0.4 is 11.1 Å². The van der Waals surface area contributed by atoms with E-state index in [4.69, 9.17) is 5.73 Å². The molecule has 2 unspecified atom stereocenters. The van der Waals surface area contributed by atoms with Gasteiger partial charge in [-0.1, -0.05) is 0 Å². The summed E-state index contributed by atoms with van der Waals surface area (Å²) in [6, 6.07) is -1.59. The van der Waals surface area contributed by atoms with E-state index < -0.39 is 24.0 Å². The maximum atomic E-state index is 11.0. The lowest BCUT2D eigenvalue weighted by atomic mass is 10.2. The van der Waals surface area contributed by atoms with Gasteiger partial charge >= 0.3 is 5.97 Å². The van der Waals surface area contributed by atoms with Crippen molar-refractivity contribution in [3.8, 4) is 0 Å². The summed E-state index contributed by atoms with van der Waals surface area (Å²) >= 11 is 0. The zero-order valence-corrected chi connectivity index (χ0v) is 8.15. The molecule has 0 saturated carbocycles. The SMILES string of the molecule is COC(=O)CC(C=O)NC(=O)C(C)N. The number of aldehydes is 1. The molecule has 6 nitrogen and oxygen atoms in total. The predicted octanol–water partition coefficient (Wildman–Crippen LogP) is -1.42. The first kappa shape index (κ1) is 12.6. The highest BCUT2D eigenvalue weighted by Crippen LogP contribution is 1.92. The van der Waals surface area contributed by atoms with Crippen LogP contribution in [0, 0.1) is 0 Å². The number of methoxy groups -OCH3 is 1. The lowest BCUT2D eigenvalue weighted by Crippen LogP contribution is -2.45. The number of rotatable bonds is 5. The van der Waals surface area contributed by atoms with Gasteiger partial charge in [0.25, 0.3) is 0 Å². The molecule has 0 aliphatic rings. The van der Waals surface area contributed by atoms with Gasteiger partial charge in [0.15, 0.2) is 0 Å². The van der Waals surface area contributed by atoms with Gasteiger partial charge < -0.3 is 20.6 Å². The van der Waals surface area contributed by atoms with E-state index in [9.17, 15) is 14.4 Å². The standard InChI is InChI=1S/C8H14N2O4/c1-5(9)8(13)10-6(4-11)3-7(12)14-2/h4-6H,3,9H2,1-2H3,(H,10,13). The quantitative estimate of drug-likeness (QED) is 0.421. The van der Waals surface area contributed by atoms with Crippen molar-refractivity contribution < 1.29 is 19.1 Å². The zero-order valence-electron chi connectivity index (χ0n) is 8.15. The molecule has 0 spiro atoms. The Balaban J connectivity index is 4.09. The van der Waals surface area contributed by atoms with Gasteiger partial charge in [-0.25, -0.2) is 0 Å². The second kappa shape index (κ2) is 6.09. The van der Waals surface area contributed by atoms with E-state index in [1.54, 1.807) is 0 Å². The number of esters is 1. The summed E-state index contributed by atoms with van der Waals surface area (Å²) in [5.41, 5.74) is 5.26. The molecule has 2 atom stereocenters. The third-order valence-corrected chi connectivity index (χ3v) is 1.52. The van der Waals surface area contributed by atoms with E-state index in [-0.39, 0.29) is 6.42 Å². The highest BCUT2D eigenvalue weighted by Gasteiger charge is 2.17. The fourth-order valence-corrected chi connectivity index (χ4v) is 0.710. The lowest BCUT2D eigenvalue weighted by Gasteiger charge is -2.12. The van der Waals surface area contributed by atoms with Gasteiger partial charge in [-0.15, -0.1) is 0 Å². The minimum Gasteiger partial charge on any atom is -0.469 e. The van der Waals surface area contributed by atoms with E-state index >= 15 is 0 Å². The summed E-state index contributed by atoms with van der Waals surface area (Å²) < 4.78 is 4.34. The van der Waals surface area contributed by atoms with E-state index in [0.717, 1.165) is 0 Å². The Morgan fingerprint density at radius 1 is 1.57 bits per heavy atom. The van der Waals surface area contributed by atoms with Crippen molar-refractivity contribution in [2.24, 2.45) is 5.73 Å². The molecule has 0 fully saturated rings. The van der Waals surface area contributed by atoms with Gasteiger partial charge in [-0.3, -0.25) is 9.59 Å². The van der Waals surface area contributed by atoms with Crippen LogP contribution in [0.4, 0.5) is 0 Å². The van der Waals surface area contributed by atoms with Crippen molar-refractivity contribution >= 4 is 18.2 Å². The molecule has 0 aliphatic heterocycles. The number of hydrogen-bond acceptors (Lipinski definition) is 5. The fraction of sp³-hybridized carbons (Fsp3) is 0.625. The van der Waals surface area contributed by atoms with Crippen molar-refractivity contribution in [2.45, 2.75) is 25.4 Å². The second-order valence-corrected chi connectivity index (χ2v) is 2.82. The van der Waals surface area contributed by atoms with Gasteiger partial charge in [-0.2, -0.15) is 0 Å². The molecule has 0 aliphatic carbocycles. The van der Waals surface area contributed by atoms with Gasteiger partial charge in [0.05, 0.1) is 25.6 Å². The first-order valence-corrected chi connectivity index (χ1v) is 4.09. The molecular weight excluding hydrogens is 188 g/mol. The first-order valence-electron chi connectivity index (χ1n) is 4.09. The van der Waals surface area contributed by atoms with Crippen molar-refractivity contribution in [3.05, 3.63) is 0 Å². The van der Waals surface area contributed by atoms with Crippen LogP contribution in [0.3, 0.4) is 0 Å². The van der Waals surface area contributed by atoms with Crippen LogP contribution in [0.5, 0.6) is 0 Å². The molecule has 0 rings (SSSR count). The smallest absolute Gasteiger partial charge is 0.308 e. The first-order chi connectivity index (χ1) is 6.51. The summed E-state index contributed by atoms with van der Waals surface area (Å²) in [5.74, 6) is -1.04. The minimum absolute atomic E-state index is 0.182. The topological polar surface area (TPSA) is 98.5 Å². The summed E-state index contributed by atoms with van der Waals surface area (Å²) in [6.45, 7) is 1.48. The number of nitrogens with one attached hydrogen (secondary N) is 1. The van der Waals surface area contributed by atoms with Crippen molar-refractivity contribution in [2.75, 3.05) is 7.11 Å². The molecule has 0 aromatic heterocycles. The summed E-state index contributed by atoms with van der Waals surface area (Å²) in [4.78, 5) is 32.3. The van der Waals surface area contributed by atoms with Crippen molar-refractivity contribution in [1.82, 2.24) is 5.32 Å². The molecule has 0 bridgehead atoms. The van der Waals surface area contributed by atoms with Gasteiger partial charge in [0, 0.05) is 0 Å². The van der Waals surface area contributed by atoms with Crippen LogP contribution in [0.1, 0.15) is 13.3 Å². The Labute approximate surface area is 81.8 Å². The molecule has 80 valence electrons. The third-order valence-electron chi connectivity index (χ3n) is 1.52. The van der Waals surface area contributed by atoms with Crippen LogP contribution in [0.15, 0.2) is 0 Å². The molecule has 0 heterocycles. The maximum Gasteiger partial charge on any atom is 0.308 e. The Kier molecular flexibility index (Phi) is 5.47. The summed E-state index contributed by atoms with van der Waals surface area (Å²) in [6.07, 6.45) is 0.287. The van der Waals surface area contributed by atoms with Crippen molar-refractivity contribution in [3.63, 3.8) is 0 Å². The molecular formula is C8H14N2O4. The van der Waals surface area contributed by atoms with Crippen LogP contribution in [-0.2, 0) is 19.1 Å². The van der Waals surface area contributed by atoms with E-state index in [1.807, 2.05) is 0 Å². The monoisotopic (exact) mass is 202 g/mol. The molecule has 0 radical (unpaired) electrons. The number of ether oxygens (including phenoxy) is 1. The van der Waals surface area contributed by atoms with Crippen LogP contribution >= 0.6 is 0 Å². The Morgan fingerprint density at radius 2 is 2.14 bits per heavy atom. The number of carbonyl (C=O) groups excluding carboxylic acids is 3. The van der Waals surface area contributed by atoms with E-state index in [0.29, 0.717) is 6.29 Å². The summed E-state index contributed by atoms with van der Waals surface area (Å²) in [7, 11) is 1.21. The number of amides is 1. The highest BCUT2D eigenvalue weighted by atomic mass is 16.5. The molecule has 3 N–H and O–H groups in total. The molecule has 0 saturated heterocycles. The molecule has 1 amide bonds. The summed E-state index contributed by atoms with van der Waals surface area (Å²) in [5, 5.41) is 2.30. The van der Waals surface area contributed by atoms with Crippen LogP contribution in [-0.4, -0.2) is 37.4 Å². The number of carbonyl (C=O) groups is 3. The normalized spacial score (nSPS) is 13.9. The van der Waals surface area contributed by atoms with Crippen molar-refractivity contribution in [1.29, 1.82) is 0 Å². The lowest BCUT2D eigenvalue weighted by molar-refractivity contribution is -0.142. The van der Waals surface area contributed by atoms with Crippen LogP contribution in [0.25, 0.3) is 0 Å². The number of nitrogens with two attached hydrogens (primary N) is 1. The molecule has 0 aromatic carbocycles. The van der Waals surface area contributed by atoms with Gasteiger partial charge in [0.2, 0.25) is 5.91 Å². The maximum absolute atomic E-state index is 11.0. The minimum atomic E-state index is -0.874.